The van der Waals surface area contributed by atoms with Crippen molar-refractivity contribution >= 4 is 0 Å². The van der Waals surface area contributed by atoms with E-state index in [0.717, 1.165) is 33.6 Å². The molecule has 61 heavy (non-hydrogen) atoms. The highest BCUT2D eigenvalue weighted by Gasteiger charge is 2.51. The van der Waals surface area contributed by atoms with Gasteiger partial charge in [0.15, 0.2) is 0 Å². The molecule has 284 valence electrons. The zero-order valence-electron chi connectivity index (χ0n) is 33.5. The number of aromatic nitrogens is 1. The first-order valence-electron chi connectivity index (χ1n) is 21.1. The van der Waals surface area contributed by atoms with Crippen molar-refractivity contribution in [2.24, 2.45) is 0 Å². The van der Waals surface area contributed by atoms with E-state index in [1.165, 1.54) is 77.9 Å². The maximum atomic E-state index is 5.12. The summed E-state index contributed by atoms with van der Waals surface area (Å²) in [4.78, 5) is 5.12. The second kappa shape index (κ2) is 14.2. The van der Waals surface area contributed by atoms with Gasteiger partial charge in [-0.25, -0.2) is 4.98 Å². The van der Waals surface area contributed by atoms with Crippen LogP contribution in [0.1, 0.15) is 22.3 Å². The van der Waals surface area contributed by atoms with Crippen LogP contribution in [0.4, 0.5) is 0 Å². The third kappa shape index (κ3) is 5.66. The van der Waals surface area contributed by atoms with E-state index in [4.69, 9.17) is 4.98 Å². The Balaban J connectivity index is 0.922. The Bertz CT molecular complexity index is 3180. The molecule has 0 N–H and O–H groups in total. The highest BCUT2D eigenvalue weighted by molar-refractivity contribution is 5.96. The lowest BCUT2D eigenvalue weighted by molar-refractivity contribution is 0.794. The van der Waals surface area contributed by atoms with Gasteiger partial charge in [-0.2, -0.15) is 0 Å². The van der Waals surface area contributed by atoms with Gasteiger partial charge in [0.1, 0.15) is 0 Å². The Morgan fingerprint density at radius 3 is 0.967 bits per heavy atom. The number of hydrogen-bond donors (Lipinski definition) is 0. The summed E-state index contributed by atoms with van der Waals surface area (Å²) in [6.45, 7) is 0. The smallest absolute Gasteiger partial charge is 0.0725 e. The van der Waals surface area contributed by atoms with Crippen molar-refractivity contribution in [3.8, 4) is 89.3 Å². The van der Waals surface area contributed by atoms with Crippen LogP contribution in [0.25, 0.3) is 89.3 Å². The molecule has 1 nitrogen and oxygen atoms in total. The maximum absolute atomic E-state index is 5.12. The number of hydrogen-bond acceptors (Lipinski definition) is 1. The zero-order chi connectivity index (χ0) is 40.3. The van der Waals surface area contributed by atoms with Crippen molar-refractivity contribution in [2.45, 2.75) is 5.41 Å². The third-order valence-corrected chi connectivity index (χ3v) is 12.9. The van der Waals surface area contributed by atoms with Crippen LogP contribution in [-0.4, -0.2) is 4.98 Å². The summed E-state index contributed by atoms with van der Waals surface area (Å²) in [7, 11) is 0. The van der Waals surface area contributed by atoms with Gasteiger partial charge in [0.25, 0.3) is 0 Å². The first-order valence-corrected chi connectivity index (χ1v) is 21.1. The van der Waals surface area contributed by atoms with Crippen LogP contribution in [0.3, 0.4) is 0 Å². The Kier molecular flexibility index (Phi) is 8.15. The van der Waals surface area contributed by atoms with E-state index in [1.54, 1.807) is 0 Å². The summed E-state index contributed by atoms with van der Waals surface area (Å²) < 4.78 is 0. The highest BCUT2D eigenvalue weighted by atomic mass is 14.7. The van der Waals surface area contributed by atoms with Gasteiger partial charge in [0.2, 0.25) is 0 Å². The predicted octanol–water partition coefficient (Wildman–Crippen LogP) is 15.4. The van der Waals surface area contributed by atoms with Gasteiger partial charge in [-0.15, -0.1) is 0 Å². The molecule has 0 amide bonds. The number of fused-ring (bicyclic) bond motifs is 10. The van der Waals surface area contributed by atoms with Crippen molar-refractivity contribution in [3.05, 3.63) is 259 Å². The molecule has 1 heterocycles. The van der Waals surface area contributed by atoms with Gasteiger partial charge in [0, 0.05) is 11.1 Å². The standard InChI is InChI=1S/C60H39N/c1-3-16-40(17-4-1)58-38-49(39-59(61-58)41-18-5-2-6-19-41)47-25-15-23-45(36-47)43-21-13-20-42(34-43)44-22-14-24-46(35-44)48-32-33-53-52-28-9-12-31-56(52)60(57(53)37-48)54-29-10-7-26-50(54)51-27-8-11-30-55(51)60/h1-39H. The summed E-state index contributed by atoms with van der Waals surface area (Å²) >= 11 is 0. The largest absolute Gasteiger partial charge is 0.248 e. The van der Waals surface area contributed by atoms with Crippen LogP contribution in [0.15, 0.2) is 237 Å². The Labute approximate surface area is 357 Å². The second-order valence-corrected chi connectivity index (χ2v) is 16.2. The molecule has 1 spiro atoms. The average molecular weight is 774 g/mol. The van der Waals surface area contributed by atoms with E-state index in [1.807, 2.05) is 0 Å². The molecule has 9 aromatic carbocycles. The molecule has 10 aromatic rings. The number of benzene rings is 9. The Morgan fingerprint density at radius 1 is 0.213 bits per heavy atom. The molecule has 0 atom stereocenters. The van der Waals surface area contributed by atoms with E-state index in [0.29, 0.717) is 0 Å². The molecule has 0 saturated heterocycles. The Morgan fingerprint density at radius 2 is 0.541 bits per heavy atom. The highest BCUT2D eigenvalue weighted by Crippen LogP contribution is 2.63. The molecule has 2 aliphatic rings. The third-order valence-electron chi connectivity index (χ3n) is 12.9. The SMILES string of the molecule is c1ccc(-c2cc(-c3cccc(-c4cccc(-c5cccc(-c6ccc7c(c6)C6(c8ccccc8-c8ccccc86)c6ccccc6-7)c5)c4)c3)cc(-c3ccccc3)n2)cc1. The second-order valence-electron chi connectivity index (χ2n) is 16.2. The van der Waals surface area contributed by atoms with Gasteiger partial charge in [0.05, 0.1) is 16.8 Å². The van der Waals surface area contributed by atoms with Crippen molar-refractivity contribution in [1.82, 2.24) is 4.98 Å². The van der Waals surface area contributed by atoms with Crippen LogP contribution >= 0.6 is 0 Å². The first-order chi connectivity index (χ1) is 30.2. The van der Waals surface area contributed by atoms with Gasteiger partial charge in [-0.05, 0) is 125 Å². The molecule has 2 aliphatic carbocycles. The van der Waals surface area contributed by atoms with Crippen molar-refractivity contribution in [2.75, 3.05) is 0 Å². The monoisotopic (exact) mass is 773 g/mol. The summed E-state index contributed by atoms with van der Waals surface area (Å²) in [6, 6.07) is 86.5. The molecule has 1 heteroatoms. The quantitative estimate of drug-likeness (QED) is 0.164. The summed E-state index contributed by atoms with van der Waals surface area (Å²) in [5, 5.41) is 0. The van der Waals surface area contributed by atoms with Crippen molar-refractivity contribution < 1.29 is 0 Å². The number of pyridine rings is 1. The lowest BCUT2D eigenvalue weighted by Gasteiger charge is -2.30. The molecular formula is C60H39N. The fourth-order valence-corrected chi connectivity index (χ4v) is 10.1. The topological polar surface area (TPSA) is 12.9 Å². The van der Waals surface area contributed by atoms with Crippen LogP contribution in [-0.2, 0) is 5.41 Å². The fraction of sp³-hybridized carbons (Fsp3) is 0.0167. The predicted molar refractivity (Wildman–Crippen MR) is 253 cm³/mol. The lowest BCUT2D eigenvalue weighted by atomic mass is 9.70. The minimum atomic E-state index is -0.363. The van der Waals surface area contributed by atoms with Crippen LogP contribution < -0.4 is 0 Å². The van der Waals surface area contributed by atoms with E-state index >= 15 is 0 Å². The molecule has 0 bridgehead atoms. The van der Waals surface area contributed by atoms with Crippen LogP contribution in [0.2, 0.25) is 0 Å². The number of nitrogens with zero attached hydrogens (tertiary/aromatic N) is 1. The molecule has 0 unspecified atom stereocenters. The molecule has 0 saturated carbocycles. The summed E-state index contributed by atoms with van der Waals surface area (Å²) in [5.74, 6) is 0. The lowest BCUT2D eigenvalue weighted by Crippen LogP contribution is -2.25. The van der Waals surface area contributed by atoms with Gasteiger partial charge < -0.3 is 0 Å². The minimum absolute atomic E-state index is 0.363. The normalized spacial score (nSPS) is 12.7. The van der Waals surface area contributed by atoms with Gasteiger partial charge in [-0.3, -0.25) is 0 Å². The van der Waals surface area contributed by atoms with E-state index in [-0.39, 0.29) is 5.41 Å². The van der Waals surface area contributed by atoms with E-state index in [2.05, 4.69) is 237 Å². The van der Waals surface area contributed by atoms with Crippen LogP contribution in [0.5, 0.6) is 0 Å². The average Bonchev–Trinajstić information content (AvgIpc) is 3.82. The first kappa shape index (κ1) is 35.1. The van der Waals surface area contributed by atoms with Gasteiger partial charge >= 0.3 is 0 Å². The molecule has 0 radical (unpaired) electrons. The summed E-state index contributed by atoms with van der Waals surface area (Å²) in [6.07, 6.45) is 0. The maximum Gasteiger partial charge on any atom is 0.0725 e. The minimum Gasteiger partial charge on any atom is -0.248 e. The van der Waals surface area contributed by atoms with E-state index in [9.17, 15) is 0 Å². The van der Waals surface area contributed by atoms with Crippen molar-refractivity contribution in [3.63, 3.8) is 0 Å². The van der Waals surface area contributed by atoms with Crippen molar-refractivity contribution in [1.29, 1.82) is 0 Å². The molecule has 0 aliphatic heterocycles. The fourth-order valence-electron chi connectivity index (χ4n) is 10.1. The number of rotatable bonds is 6. The molecule has 12 rings (SSSR count). The van der Waals surface area contributed by atoms with E-state index < -0.39 is 0 Å². The van der Waals surface area contributed by atoms with Gasteiger partial charge in [-0.1, -0.05) is 200 Å². The molecule has 1 aromatic heterocycles. The Hall–Kier alpha value is -7.87. The molecule has 0 fully saturated rings. The van der Waals surface area contributed by atoms with Crippen LogP contribution in [0, 0.1) is 0 Å². The summed E-state index contributed by atoms with van der Waals surface area (Å²) in [5.41, 5.74) is 24.0. The zero-order valence-corrected chi connectivity index (χ0v) is 33.5. The molecular weight excluding hydrogens is 735 g/mol.